The lowest BCUT2D eigenvalue weighted by Gasteiger charge is -2.29. The second kappa shape index (κ2) is 14.0. The van der Waals surface area contributed by atoms with Crippen molar-refractivity contribution in [2.24, 2.45) is 0 Å². The number of ether oxygens (including phenoxy) is 2. The molecule has 0 saturated carbocycles. The maximum Gasteiger partial charge on any atom is 0.307 e. The number of benzene rings is 2. The number of allylic oxidation sites excluding steroid dienone is 2. The van der Waals surface area contributed by atoms with E-state index in [2.05, 4.69) is 30.0 Å². The molecule has 11 heteroatoms. The number of nitrogens with one attached hydrogen (secondary N) is 2. The predicted octanol–water partition coefficient (Wildman–Crippen LogP) is 5.96. The first-order valence-corrected chi connectivity index (χ1v) is 16.4. The molecule has 0 unspecified atom stereocenters. The molecule has 1 heterocycles. The minimum Gasteiger partial charge on any atom is -0.494 e. The van der Waals surface area contributed by atoms with Crippen LogP contribution in [0.3, 0.4) is 0 Å². The summed E-state index contributed by atoms with van der Waals surface area (Å²) < 4.78 is 37.7. The van der Waals surface area contributed by atoms with Crippen molar-refractivity contribution < 1.29 is 27.5 Å². The quantitative estimate of drug-likeness (QED) is 0.235. The van der Waals surface area contributed by atoms with Crippen molar-refractivity contribution >= 4 is 50.4 Å². The van der Waals surface area contributed by atoms with Gasteiger partial charge in [0.25, 0.3) is 5.91 Å². The number of amides is 1. The first kappa shape index (κ1) is 32.7. The van der Waals surface area contributed by atoms with Gasteiger partial charge in [0.2, 0.25) is 10.0 Å². The van der Waals surface area contributed by atoms with Crippen molar-refractivity contribution in [2.75, 3.05) is 25.1 Å². The van der Waals surface area contributed by atoms with E-state index < -0.39 is 28.5 Å². The number of nitrogens with zero attached hydrogens (tertiary/aromatic N) is 1. The number of hydrogen-bond donors (Lipinski definition) is 2. The Bertz CT molecular complexity index is 1730. The third kappa shape index (κ3) is 8.23. The molecule has 2 N–H and O–H groups in total. The summed E-state index contributed by atoms with van der Waals surface area (Å²) >= 11 is 1.34. The van der Waals surface area contributed by atoms with Gasteiger partial charge in [-0.05, 0) is 61.7 Å². The zero-order chi connectivity index (χ0) is 31.9. The van der Waals surface area contributed by atoms with Crippen molar-refractivity contribution in [2.45, 2.75) is 50.8 Å². The molecule has 0 bridgehead atoms. The summed E-state index contributed by atoms with van der Waals surface area (Å²) in [5, 5.41) is 13.1. The first-order valence-electron chi connectivity index (χ1n) is 14.1. The van der Waals surface area contributed by atoms with E-state index >= 15 is 0 Å². The van der Waals surface area contributed by atoms with Gasteiger partial charge < -0.3 is 14.8 Å². The van der Waals surface area contributed by atoms with E-state index in [1.54, 1.807) is 12.1 Å². The molecule has 230 valence electrons. The van der Waals surface area contributed by atoms with E-state index in [0.717, 1.165) is 39.3 Å². The largest absolute Gasteiger partial charge is 0.494 e. The molecule has 3 aromatic rings. The molecule has 1 aliphatic rings. The summed E-state index contributed by atoms with van der Waals surface area (Å²) in [6, 6.07) is 16.4. The number of hydrogen-bond acceptors (Lipinski definition) is 8. The van der Waals surface area contributed by atoms with Gasteiger partial charge in [0.15, 0.2) is 6.61 Å². The predicted molar refractivity (Wildman–Crippen MR) is 172 cm³/mol. The van der Waals surface area contributed by atoms with Crippen LogP contribution in [-0.4, -0.2) is 40.1 Å². The minimum atomic E-state index is -3.77. The van der Waals surface area contributed by atoms with Crippen molar-refractivity contribution in [3.63, 3.8) is 0 Å². The molecule has 1 aliphatic carbocycles. The normalized spacial score (nSPS) is 13.9. The van der Waals surface area contributed by atoms with Gasteiger partial charge in [0.05, 0.1) is 23.5 Å². The Labute approximate surface area is 262 Å². The van der Waals surface area contributed by atoms with Gasteiger partial charge in [-0.25, -0.2) is 13.1 Å². The Morgan fingerprint density at radius 2 is 1.80 bits per heavy atom. The smallest absolute Gasteiger partial charge is 0.307 e. The number of sulfonamides is 1. The summed E-state index contributed by atoms with van der Waals surface area (Å²) in [7, 11) is -3.77. The van der Waals surface area contributed by atoms with E-state index in [1.807, 2.05) is 56.3 Å². The first-order chi connectivity index (χ1) is 20.9. The number of rotatable bonds is 12. The highest BCUT2D eigenvalue weighted by atomic mass is 32.2. The number of fused-ring (bicyclic) bond motifs is 1. The van der Waals surface area contributed by atoms with Crippen LogP contribution in [0, 0.1) is 18.3 Å². The molecule has 4 rings (SSSR count). The van der Waals surface area contributed by atoms with Gasteiger partial charge >= 0.3 is 5.97 Å². The van der Waals surface area contributed by atoms with Crippen LogP contribution < -0.4 is 14.8 Å². The molecule has 1 amide bonds. The van der Waals surface area contributed by atoms with Gasteiger partial charge in [-0.15, -0.1) is 11.3 Å². The number of nitriles is 1. The van der Waals surface area contributed by atoms with Gasteiger partial charge in [0.1, 0.15) is 16.8 Å². The zero-order valence-electron chi connectivity index (χ0n) is 25.1. The molecular formula is C33H35N3O6S2. The summed E-state index contributed by atoms with van der Waals surface area (Å²) in [6.07, 6.45) is 6.54. The maximum absolute atomic E-state index is 12.7. The lowest BCUT2D eigenvalue weighted by molar-refractivity contribution is -0.147. The Morgan fingerprint density at radius 1 is 1.09 bits per heavy atom. The van der Waals surface area contributed by atoms with Crippen LogP contribution >= 0.6 is 11.3 Å². The summed E-state index contributed by atoms with van der Waals surface area (Å²) in [6.45, 7) is 7.86. The van der Waals surface area contributed by atoms with Gasteiger partial charge in [-0.3, -0.25) is 9.59 Å². The highest BCUT2D eigenvalue weighted by Gasteiger charge is 2.33. The fourth-order valence-electron chi connectivity index (χ4n) is 4.73. The van der Waals surface area contributed by atoms with E-state index in [4.69, 9.17) is 9.47 Å². The molecule has 9 nitrogen and oxygen atoms in total. The number of aryl methyl sites for hydroxylation is 1. The Hall–Kier alpha value is -4.24. The molecule has 1 aromatic heterocycles. The second-order valence-electron chi connectivity index (χ2n) is 10.9. The van der Waals surface area contributed by atoms with Crippen LogP contribution in [-0.2, 0) is 29.8 Å². The fourth-order valence-corrected chi connectivity index (χ4v) is 7.01. The standard InChI is InChI=1S/C33H35N3O6S2/c1-5-41-25-12-10-23(11-13-25)8-9-24-18-27-28(20-34)32(43-31(27)33(3,4)19-24)36-29(37)21-42-30(38)16-17-35-44(39,40)26-14-6-22(2)7-15-26/h6-15,18,35H,5,16-17,19,21H2,1-4H3,(H,36,37)/b9-8+. The number of carbonyl (C=O) groups is 2. The summed E-state index contributed by atoms with van der Waals surface area (Å²) in [5.74, 6) is -0.508. The van der Waals surface area contributed by atoms with Crippen molar-refractivity contribution in [1.29, 1.82) is 5.26 Å². The monoisotopic (exact) mass is 633 g/mol. The number of thiophene rings is 1. The molecule has 0 atom stereocenters. The highest BCUT2D eigenvalue weighted by molar-refractivity contribution is 7.89. The molecule has 2 aromatic carbocycles. The Morgan fingerprint density at radius 3 is 2.45 bits per heavy atom. The number of esters is 1. The Kier molecular flexibility index (Phi) is 10.4. The van der Waals surface area contributed by atoms with Crippen LogP contribution in [0.4, 0.5) is 5.00 Å². The van der Waals surface area contributed by atoms with Crippen LogP contribution in [0.5, 0.6) is 5.75 Å². The number of carbonyl (C=O) groups excluding carboxylic acids is 2. The topological polar surface area (TPSA) is 135 Å². The minimum absolute atomic E-state index is 0.0941. The van der Waals surface area contributed by atoms with E-state index in [-0.39, 0.29) is 23.3 Å². The van der Waals surface area contributed by atoms with Crippen LogP contribution in [0.1, 0.15) is 60.7 Å². The zero-order valence-corrected chi connectivity index (χ0v) is 26.7. The van der Waals surface area contributed by atoms with E-state index in [9.17, 15) is 23.3 Å². The van der Waals surface area contributed by atoms with Crippen LogP contribution in [0.15, 0.2) is 65.1 Å². The molecule has 44 heavy (non-hydrogen) atoms. The van der Waals surface area contributed by atoms with E-state index in [1.165, 1.54) is 23.5 Å². The molecule has 0 radical (unpaired) electrons. The Balaban J connectivity index is 1.36. The molecule has 0 fully saturated rings. The van der Waals surface area contributed by atoms with Crippen molar-refractivity contribution in [3.05, 3.63) is 87.3 Å². The molecule has 0 aliphatic heterocycles. The molecule has 0 spiro atoms. The third-order valence-electron chi connectivity index (χ3n) is 6.90. The lowest BCUT2D eigenvalue weighted by Crippen LogP contribution is -2.28. The molecular weight excluding hydrogens is 599 g/mol. The maximum atomic E-state index is 12.7. The van der Waals surface area contributed by atoms with Crippen LogP contribution in [0.2, 0.25) is 0 Å². The average molecular weight is 634 g/mol. The van der Waals surface area contributed by atoms with Gasteiger partial charge in [-0.1, -0.05) is 55.8 Å². The SMILES string of the molecule is CCOc1ccc(/C=C/C2=Cc3c(sc(NC(=O)COC(=O)CCNS(=O)(=O)c4ccc(C)cc4)c3C#N)C(C)(C)C2)cc1. The number of anilines is 1. The van der Waals surface area contributed by atoms with Gasteiger partial charge in [0, 0.05) is 22.4 Å². The van der Waals surface area contributed by atoms with Crippen molar-refractivity contribution in [1.82, 2.24) is 4.72 Å². The van der Waals surface area contributed by atoms with E-state index in [0.29, 0.717) is 17.2 Å². The van der Waals surface area contributed by atoms with Gasteiger partial charge in [-0.2, -0.15) is 5.26 Å². The highest BCUT2D eigenvalue weighted by Crippen LogP contribution is 2.47. The third-order valence-corrected chi connectivity index (χ3v) is 9.86. The van der Waals surface area contributed by atoms with Crippen molar-refractivity contribution in [3.8, 4) is 11.8 Å². The second-order valence-corrected chi connectivity index (χ2v) is 13.7. The summed E-state index contributed by atoms with van der Waals surface area (Å²) in [4.78, 5) is 25.9. The fraction of sp³-hybridized carbons (Fsp3) is 0.303. The average Bonchev–Trinajstić information content (AvgIpc) is 3.33. The molecule has 0 saturated heterocycles. The van der Waals surface area contributed by atoms with Crippen LogP contribution in [0.25, 0.3) is 12.2 Å². The summed E-state index contributed by atoms with van der Waals surface area (Å²) in [5.41, 5.74) is 3.85. The lowest BCUT2D eigenvalue weighted by atomic mass is 9.77.